The standard InChI is InChI=1S/C13H21NOS/c1-4-14-9-11(2)10-16-13-8-6-5-7-12(13)15-3/h5-8,11,14H,4,9-10H2,1-3H3. The average Bonchev–Trinajstić information content (AvgIpc) is 2.34. The van der Waals surface area contributed by atoms with Crippen LogP contribution in [0.3, 0.4) is 0 Å². The zero-order valence-electron chi connectivity index (χ0n) is 10.3. The molecule has 2 nitrogen and oxygen atoms in total. The summed E-state index contributed by atoms with van der Waals surface area (Å²) in [5.41, 5.74) is 0. The van der Waals surface area contributed by atoms with Crippen LogP contribution in [0.2, 0.25) is 0 Å². The van der Waals surface area contributed by atoms with Crippen LogP contribution in [0.15, 0.2) is 29.2 Å². The van der Waals surface area contributed by atoms with Crippen LogP contribution in [-0.2, 0) is 0 Å². The topological polar surface area (TPSA) is 21.3 Å². The second-order valence-corrected chi connectivity index (χ2v) is 4.94. The third-order valence-electron chi connectivity index (χ3n) is 2.34. The van der Waals surface area contributed by atoms with Gasteiger partial charge in [-0.1, -0.05) is 26.0 Å². The number of hydrogen-bond donors (Lipinski definition) is 1. The molecule has 0 radical (unpaired) electrons. The summed E-state index contributed by atoms with van der Waals surface area (Å²) in [5.74, 6) is 2.77. The predicted octanol–water partition coefficient (Wildman–Crippen LogP) is 3.03. The summed E-state index contributed by atoms with van der Waals surface area (Å²) in [7, 11) is 1.72. The molecule has 0 bridgehead atoms. The molecule has 0 aliphatic carbocycles. The molecule has 0 saturated carbocycles. The van der Waals surface area contributed by atoms with Crippen molar-refractivity contribution in [2.45, 2.75) is 18.7 Å². The van der Waals surface area contributed by atoms with Gasteiger partial charge in [0.05, 0.1) is 7.11 Å². The summed E-state index contributed by atoms with van der Waals surface area (Å²) < 4.78 is 5.32. The monoisotopic (exact) mass is 239 g/mol. The SMILES string of the molecule is CCNCC(C)CSc1ccccc1OC. The van der Waals surface area contributed by atoms with Crippen molar-refractivity contribution in [3.63, 3.8) is 0 Å². The van der Waals surface area contributed by atoms with Gasteiger partial charge in [-0.05, 0) is 31.1 Å². The molecule has 1 atom stereocenters. The van der Waals surface area contributed by atoms with E-state index in [4.69, 9.17) is 4.74 Å². The zero-order chi connectivity index (χ0) is 11.8. The fourth-order valence-corrected chi connectivity index (χ4v) is 2.47. The highest BCUT2D eigenvalue weighted by molar-refractivity contribution is 7.99. The number of methoxy groups -OCH3 is 1. The number of thioether (sulfide) groups is 1. The number of hydrogen-bond acceptors (Lipinski definition) is 3. The summed E-state index contributed by atoms with van der Waals surface area (Å²) in [4.78, 5) is 1.23. The highest BCUT2D eigenvalue weighted by Crippen LogP contribution is 2.29. The van der Waals surface area contributed by atoms with Gasteiger partial charge in [0.25, 0.3) is 0 Å². The van der Waals surface area contributed by atoms with Crippen molar-refractivity contribution in [3.8, 4) is 5.75 Å². The molecule has 1 rings (SSSR count). The summed E-state index contributed by atoms with van der Waals surface area (Å²) in [5, 5.41) is 3.37. The molecule has 90 valence electrons. The van der Waals surface area contributed by atoms with Crippen LogP contribution in [0.5, 0.6) is 5.75 Å². The van der Waals surface area contributed by atoms with E-state index in [0.717, 1.165) is 24.6 Å². The van der Waals surface area contributed by atoms with Crippen LogP contribution in [0.25, 0.3) is 0 Å². The molecular formula is C13H21NOS. The van der Waals surface area contributed by atoms with Gasteiger partial charge in [-0.25, -0.2) is 0 Å². The fourth-order valence-electron chi connectivity index (χ4n) is 1.42. The minimum absolute atomic E-state index is 0.676. The van der Waals surface area contributed by atoms with Crippen LogP contribution in [0.4, 0.5) is 0 Å². The van der Waals surface area contributed by atoms with Crippen molar-refractivity contribution < 1.29 is 4.74 Å². The second-order valence-electron chi connectivity index (χ2n) is 3.87. The van der Waals surface area contributed by atoms with Gasteiger partial charge in [0.2, 0.25) is 0 Å². The van der Waals surface area contributed by atoms with Gasteiger partial charge in [0, 0.05) is 10.6 Å². The molecule has 0 aliphatic rings. The van der Waals surface area contributed by atoms with E-state index < -0.39 is 0 Å². The van der Waals surface area contributed by atoms with Gasteiger partial charge >= 0.3 is 0 Å². The van der Waals surface area contributed by atoms with Crippen LogP contribution >= 0.6 is 11.8 Å². The first-order chi connectivity index (χ1) is 7.77. The lowest BCUT2D eigenvalue weighted by Crippen LogP contribution is -2.21. The molecule has 1 N–H and O–H groups in total. The lowest BCUT2D eigenvalue weighted by Gasteiger charge is -2.12. The van der Waals surface area contributed by atoms with E-state index in [1.807, 2.05) is 23.9 Å². The van der Waals surface area contributed by atoms with Gasteiger partial charge < -0.3 is 10.1 Å². The Labute approximate surface area is 103 Å². The summed E-state index contributed by atoms with van der Waals surface area (Å²) in [6.45, 7) is 6.54. The second kappa shape index (κ2) is 7.58. The van der Waals surface area contributed by atoms with Crippen molar-refractivity contribution in [2.75, 3.05) is 26.0 Å². The van der Waals surface area contributed by atoms with E-state index in [1.54, 1.807) is 7.11 Å². The quantitative estimate of drug-likeness (QED) is 0.739. The maximum absolute atomic E-state index is 5.32. The Balaban J connectivity index is 2.41. The van der Waals surface area contributed by atoms with E-state index in [1.165, 1.54) is 4.90 Å². The van der Waals surface area contributed by atoms with Gasteiger partial charge in [-0.2, -0.15) is 0 Å². The van der Waals surface area contributed by atoms with Crippen LogP contribution < -0.4 is 10.1 Å². The maximum Gasteiger partial charge on any atom is 0.132 e. The maximum atomic E-state index is 5.32. The molecule has 1 unspecified atom stereocenters. The highest BCUT2D eigenvalue weighted by Gasteiger charge is 2.05. The van der Waals surface area contributed by atoms with Gasteiger partial charge in [-0.3, -0.25) is 0 Å². The van der Waals surface area contributed by atoms with E-state index in [0.29, 0.717) is 5.92 Å². The fraction of sp³-hybridized carbons (Fsp3) is 0.538. The Morgan fingerprint density at radius 1 is 1.38 bits per heavy atom. The summed E-state index contributed by atoms with van der Waals surface area (Å²) in [6.07, 6.45) is 0. The van der Waals surface area contributed by atoms with Crippen molar-refractivity contribution in [1.29, 1.82) is 0 Å². The molecule has 0 saturated heterocycles. The lowest BCUT2D eigenvalue weighted by atomic mass is 10.2. The van der Waals surface area contributed by atoms with E-state index in [-0.39, 0.29) is 0 Å². The van der Waals surface area contributed by atoms with Crippen molar-refractivity contribution in [1.82, 2.24) is 5.32 Å². The van der Waals surface area contributed by atoms with Gasteiger partial charge in [-0.15, -0.1) is 11.8 Å². The predicted molar refractivity (Wildman–Crippen MR) is 71.4 cm³/mol. The smallest absolute Gasteiger partial charge is 0.132 e. The number of benzene rings is 1. The van der Waals surface area contributed by atoms with E-state index in [9.17, 15) is 0 Å². The Hall–Kier alpha value is -0.670. The van der Waals surface area contributed by atoms with E-state index in [2.05, 4.69) is 31.3 Å². The van der Waals surface area contributed by atoms with Gasteiger partial charge in [0.1, 0.15) is 5.75 Å². The lowest BCUT2D eigenvalue weighted by molar-refractivity contribution is 0.404. The molecular weight excluding hydrogens is 218 g/mol. The molecule has 0 aromatic heterocycles. The molecule has 1 aromatic rings. The average molecular weight is 239 g/mol. The number of nitrogens with one attached hydrogen (secondary N) is 1. The van der Waals surface area contributed by atoms with Crippen LogP contribution in [0, 0.1) is 5.92 Å². The van der Waals surface area contributed by atoms with Crippen molar-refractivity contribution in [2.24, 2.45) is 5.92 Å². The normalized spacial score (nSPS) is 12.4. The Kier molecular flexibility index (Phi) is 6.34. The van der Waals surface area contributed by atoms with Gasteiger partial charge in [0.15, 0.2) is 0 Å². The molecule has 16 heavy (non-hydrogen) atoms. The molecule has 3 heteroatoms. The largest absolute Gasteiger partial charge is 0.496 e. The first kappa shape index (κ1) is 13.4. The Morgan fingerprint density at radius 2 is 2.12 bits per heavy atom. The first-order valence-corrected chi connectivity index (χ1v) is 6.73. The third-order valence-corrected chi connectivity index (χ3v) is 3.72. The van der Waals surface area contributed by atoms with Crippen molar-refractivity contribution >= 4 is 11.8 Å². The number of ether oxygens (including phenoxy) is 1. The third kappa shape index (κ3) is 4.45. The van der Waals surface area contributed by atoms with E-state index >= 15 is 0 Å². The Bertz CT molecular complexity index is 304. The van der Waals surface area contributed by atoms with Crippen LogP contribution in [0.1, 0.15) is 13.8 Å². The summed E-state index contributed by atoms with van der Waals surface area (Å²) in [6, 6.07) is 8.19. The summed E-state index contributed by atoms with van der Waals surface area (Å²) >= 11 is 1.87. The Morgan fingerprint density at radius 3 is 2.81 bits per heavy atom. The molecule has 0 amide bonds. The minimum atomic E-state index is 0.676. The molecule has 0 fully saturated rings. The molecule has 0 aliphatic heterocycles. The van der Waals surface area contributed by atoms with Crippen molar-refractivity contribution in [3.05, 3.63) is 24.3 Å². The molecule has 0 heterocycles. The van der Waals surface area contributed by atoms with Crippen LogP contribution in [-0.4, -0.2) is 26.0 Å². The molecule has 0 spiro atoms. The zero-order valence-corrected chi connectivity index (χ0v) is 11.1. The highest BCUT2D eigenvalue weighted by atomic mass is 32.2. The first-order valence-electron chi connectivity index (χ1n) is 5.74. The molecule has 1 aromatic carbocycles. The number of rotatable bonds is 7. The minimum Gasteiger partial charge on any atom is -0.496 e. The number of para-hydroxylation sites is 1.